The highest BCUT2D eigenvalue weighted by molar-refractivity contribution is 14.1. The van der Waals surface area contributed by atoms with Gasteiger partial charge in [-0.1, -0.05) is 0 Å². The largest absolute Gasteiger partial charge is 0.397 e. The third-order valence-corrected chi connectivity index (χ3v) is 4.59. The minimum Gasteiger partial charge on any atom is -0.397 e. The lowest BCUT2D eigenvalue weighted by Gasteiger charge is -2.02. The number of hydrogen-bond acceptors (Lipinski definition) is 3. The summed E-state index contributed by atoms with van der Waals surface area (Å²) in [6.45, 7) is 8.23. The molecule has 78 valence electrons. The number of nitrogen functional groups attached to an aromatic ring is 1. The van der Waals surface area contributed by atoms with Gasteiger partial charge in [-0.15, -0.1) is 11.3 Å². The van der Waals surface area contributed by atoms with Crippen molar-refractivity contribution in [2.45, 2.75) is 33.7 Å². The molecule has 2 N–H and O–H groups in total. The Hall–Kier alpha value is -0.100. The topological polar surface area (TPSA) is 38.4 Å². The van der Waals surface area contributed by atoms with Crippen molar-refractivity contribution in [3.05, 3.63) is 13.3 Å². The molecular weight excluding hydrogens is 307 g/mol. The van der Waals surface area contributed by atoms with Gasteiger partial charge in [-0.25, -0.2) is 0 Å². The van der Waals surface area contributed by atoms with E-state index >= 15 is 0 Å². The SMILES string of the molecule is CC(=NC(C)C)c1sc(I)c(C)c1N. The highest BCUT2D eigenvalue weighted by Gasteiger charge is 2.12. The molecule has 0 spiro atoms. The predicted octanol–water partition coefficient (Wildman–Crippen LogP) is 3.46. The van der Waals surface area contributed by atoms with Crippen molar-refractivity contribution in [3.63, 3.8) is 0 Å². The van der Waals surface area contributed by atoms with Gasteiger partial charge in [0.25, 0.3) is 0 Å². The van der Waals surface area contributed by atoms with Crippen LogP contribution in [0.4, 0.5) is 5.69 Å². The third kappa shape index (κ3) is 2.48. The monoisotopic (exact) mass is 322 g/mol. The molecule has 4 heteroatoms. The van der Waals surface area contributed by atoms with Gasteiger partial charge >= 0.3 is 0 Å². The van der Waals surface area contributed by atoms with Gasteiger partial charge in [0.1, 0.15) is 0 Å². The van der Waals surface area contributed by atoms with Gasteiger partial charge in [0.2, 0.25) is 0 Å². The van der Waals surface area contributed by atoms with Gasteiger partial charge in [0.05, 0.1) is 19.2 Å². The maximum atomic E-state index is 6.00. The van der Waals surface area contributed by atoms with E-state index in [1.54, 1.807) is 11.3 Å². The standard InChI is InChI=1S/C10H15IN2S/c1-5(2)13-7(4)9-8(12)6(3)10(11)14-9/h5H,12H2,1-4H3. The van der Waals surface area contributed by atoms with Crippen LogP contribution in [0.5, 0.6) is 0 Å². The lowest BCUT2D eigenvalue weighted by molar-refractivity contribution is 0.836. The molecule has 2 nitrogen and oxygen atoms in total. The molecule has 1 aromatic heterocycles. The summed E-state index contributed by atoms with van der Waals surface area (Å²) in [6.07, 6.45) is 0. The fourth-order valence-corrected chi connectivity index (χ4v) is 3.07. The molecule has 0 atom stereocenters. The first kappa shape index (κ1) is 12.0. The van der Waals surface area contributed by atoms with Crippen LogP contribution in [0, 0.1) is 9.81 Å². The molecule has 0 radical (unpaired) electrons. The highest BCUT2D eigenvalue weighted by atomic mass is 127. The Balaban J connectivity index is 3.14. The molecule has 0 unspecified atom stereocenters. The summed E-state index contributed by atoms with van der Waals surface area (Å²) < 4.78 is 1.26. The molecule has 0 aliphatic rings. The van der Waals surface area contributed by atoms with Crippen LogP contribution in [-0.2, 0) is 0 Å². The lowest BCUT2D eigenvalue weighted by Crippen LogP contribution is -2.01. The molecule has 0 saturated carbocycles. The number of nitrogens with zero attached hydrogens (tertiary/aromatic N) is 1. The fraction of sp³-hybridized carbons (Fsp3) is 0.500. The Kier molecular flexibility index (Phi) is 3.94. The molecule has 0 bridgehead atoms. The van der Waals surface area contributed by atoms with Gasteiger partial charge in [-0.05, 0) is 55.8 Å². The van der Waals surface area contributed by atoms with E-state index in [1.807, 2.05) is 6.92 Å². The number of rotatable bonds is 2. The van der Waals surface area contributed by atoms with Crippen LogP contribution in [0.3, 0.4) is 0 Å². The average Bonchev–Trinajstić information content (AvgIpc) is 2.32. The van der Waals surface area contributed by atoms with E-state index in [-0.39, 0.29) is 0 Å². The average molecular weight is 322 g/mol. The normalized spacial score (nSPS) is 12.6. The van der Waals surface area contributed by atoms with E-state index in [0.29, 0.717) is 6.04 Å². The zero-order valence-electron chi connectivity index (χ0n) is 8.89. The van der Waals surface area contributed by atoms with Crippen molar-refractivity contribution in [2.24, 2.45) is 4.99 Å². The molecule has 0 saturated heterocycles. The Morgan fingerprint density at radius 1 is 1.50 bits per heavy atom. The number of nitrogens with two attached hydrogens (primary N) is 1. The van der Waals surface area contributed by atoms with E-state index in [1.165, 1.54) is 8.45 Å². The summed E-state index contributed by atoms with van der Waals surface area (Å²) in [7, 11) is 0. The Labute approximate surface area is 103 Å². The summed E-state index contributed by atoms with van der Waals surface area (Å²) in [5.41, 5.74) is 9.13. The molecule has 14 heavy (non-hydrogen) atoms. The number of anilines is 1. The van der Waals surface area contributed by atoms with Crippen molar-refractivity contribution in [1.82, 2.24) is 0 Å². The second-order valence-electron chi connectivity index (χ2n) is 3.55. The van der Waals surface area contributed by atoms with Crippen molar-refractivity contribution in [2.75, 3.05) is 5.73 Å². The van der Waals surface area contributed by atoms with Crippen LogP contribution in [0.1, 0.15) is 31.2 Å². The van der Waals surface area contributed by atoms with E-state index in [9.17, 15) is 0 Å². The summed E-state index contributed by atoms with van der Waals surface area (Å²) in [6, 6.07) is 0.328. The molecule has 1 heterocycles. The molecule has 0 aliphatic carbocycles. The minimum atomic E-state index is 0.328. The van der Waals surface area contributed by atoms with Crippen LogP contribution in [-0.4, -0.2) is 11.8 Å². The molecule has 1 aromatic rings. The third-order valence-electron chi connectivity index (χ3n) is 1.92. The van der Waals surface area contributed by atoms with Gasteiger partial charge in [-0.2, -0.15) is 0 Å². The molecular formula is C10H15IN2S. The summed E-state index contributed by atoms with van der Waals surface area (Å²) >= 11 is 4.04. The first-order valence-electron chi connectivity index (χ1n) is 4.52. The second kappa shape index (κ2) is 4.61. The molecule has 0 aromatic carbocycles. The Morgan fingerprint density at radius 3 is 2.43 bits per heavy atom. The Bertz CT molecular complexity index is 366. The van der Waals surface area contributed by atoms with Crippen LogP contribution in [0.25, 0.3) is 0 Å². The van der Waals surface area contributed by atoms with Gasteiger partial charge in [-0.3, -0.25) is 4.99 Å². The number of thiophene rings is 1. The molecule has 0 fully saturated rings. The zero-order chi connectivity index (χ0) is 10.9. The van der Waals surface area contributed by atoms with Gasteiger partial charge < -0.3 is 5.73 Å². The smallest absolute Gasteiger partial charge is 0.0721 e. The minimum absolute atomic E-state index is 0.328. The second-order valence-corrected chi connectivity index (χ2v) is 6.38. The number of aliphatic imine (C=N–C) groups is 1. The number of hydrogen-bond donors (Lipinski definition) is 1. The number of halogens is 1. The van der Waals surface area contributed by atoms with E-state index in [2.05, 4.69) is 48.4 Å². The van der Waals surface area contributed by atoms with Crippen molar-refractivity contribution >= 4 is 45.3 Å². The first-order chi connectivity index (χ1) is 6.43. The maximum absolute atomic E-state index is 6.00. The van der Waals surface area contributed by atoms with Crippen molar-refractivity contribution < 1.29 is 0 Å². The predicted molar refractivity (Wildman–Crippen MR) is 73.5 cm³/mol. The molecule has 1 rings (SSSR count). The Morgan fingerprint density at radius 2 is 2.07 bits per heavy atom. The summed E-state index contributed by atoms with van der Waals surface area (Å²) in [4.78, 5) is 5.63. The lowest BCUT2D eigenvalue weighted by atomic mass is 10.2. The van der Waals surface area contributed by atoms with Crippen molar-refractivity contribution in [3.8, 4) is 0 Å². The summed E-state index contributed by atoms with van der Waals surface area (Å²) in [5, 5.41) is 0. The van der Waals surface area contributed by atoms with Gasteiger partial charge in [0.15, 0.2) is 0 Å². The van der Waals surface area contributed by atoms with E-state index in [4.69, 9.17) is 5.73 Å². The highest BCUT2D eigenvalue weighted by Crippen LogP contribution is 2.32. The summed E-state index contributed by atoms with van der Waals surface area (Å²) in [5.74, 6) is 0. The molecule has 0 amide bonds. The zero-order valence-corrected chi connectivity index (χ0v) is 11.9. The van der Waals surface area contributed by atoms with Crippen LogP contribution in [0.15, 0.2) is 4.99 Å². The first-order valence-corrected chi connectivity index (χ1v) is 6.42. The van der Waals surface area contributed by atoms with E-state index in [0.717, 1.165) is 16.3 Å². The van der Waals surface area contributed by atoms with Gasteiger partial charge in [0, 0.05) is 6.04 Å². The quantitative estimate of drug-likeness (QED) is 0.657. The van der Waals surface area contributed by atoms with E-state index < -0.39 is 0 Å². The van der Waals surface area contributed by atoms with Crippen molar-refractivity contribution in [1.29, 1.82) is 0 Å². The van der Waals surface area contributed by atoms with Crippen LogP contribution in [0.2, 0.25) is 0 Å². The maximum Gasteiger partial charge on any atom is 0.0721 e. The van der Waals surface area contributed by atoms with Crippen LogP contribution >= 0.6 is 33.9 Å². The molecule has 0 aliphatic heterocycles. The van der Waals surface area contributed by atoms with Crippen LogP contribution < -0.4 is 5.73 Å². The fourth-order valence-electron chi connectivity index (χ4n) is 1.21.